The molecule has 1 heterocycles. The van der Waals surface area contributed by atoms with E-state index in [4.69, 9.17) is 4.74 Å². The Bertz CT molecular complexity index is 656. The second kappa shape index (κ2) is 5.17. The van der Waals surface area contributed by atoms with E-state index in [1.807, 2.05) is 6.07 Å². The van der Waals surface area contributed by atoms with Crippen LogP contribution >= 0.6 is 15.9 Å². The Hall–Kier alpha value is -1.28. The lowest BCUT2D eigenvalue weighted by Crippen LogP contribution is -2.30. The average molecular weight is 345 g/mol. The van der Waals surface area contributed by atoms with Gasteiger partial charge in [0.05, 0.1) is 5.92 Å². The third kappa shape index (κ3) is 2.62. The molecule has 2 heteroatoms. The molecule has 0 saturated heterocycles. The summed E-state index contributed by atoms with van der Waals surface area (Å²) in [7, 11) is 0. The first-order valence-electron chi connectivity index (χ1n) is 7.47. The van der Waals surface area contributed by atoms with Crippen molar-refractivity contribution in [2.24, 2.45) is 0 Å². The summed E-state index contributed by atoms with van der Waals surface area (Å²) in [5.41, 5.74) is 3.75. The van der Waals surface area contributed by atoms with E-state index in [0.29, 0.717) is 5.92 Å². The highest BCUT2D eigenvalue weighted by Crippen LogP contribution is 2.48. The fourth-order valence-corrected chi connectivity index (χ4v) is 3.59. The van der Waals surface area contributed by atoms with Crippen molar-refractivity contribution >= 4 is 15.9 Å². The number of halogens is 1. The normalized spacial score (nSPS) is 19.4. The summed E-state index contributed by atoms with van der Waals surface area (Å²) in [6.07, 6.45) is 0. The van der Waals surface area contributed by atoms with Crippen LogP contribution in [0.1, 0.15) is 56.2 Å². The van der Waals surface area contributed by atoms with Gasteiger partial charge in [-0.3, -0.25) is 0 Å². The van der Waals surface area contributed by atoms with Gasteiger partial charge in [-0.25, -0.2) is 0 Å². The topological polar surface area (TPSA) is 9.23 Å². The smallest absolute Gasteiger partial charge is 0.124 e. The van der Waals surface area contributed by atoms with Gasteiger partial charge in [-0.2, -0.15) is 0 Å². The predicted molar refractivity (Wildman–Crippen MR) is 91.2 cm³/mol. The number of hydrogen-bond acceptors (Lipinski definition) is 1. The minimum Gasteiger partial charge on any atom is -0.487 e. The molecule has 0 aromatic heterocycles. The lowest BCUT2D eigenvalue weighted by atomic mass is 9.81. The van der Waals surface area contributed by atoms with Crippen molar-refractivity contribution < 1.29 is 4.74 Å². The van der Waals surface area contributed by atoms with Crippen LogP contribution in [-0.4, -0.2) is 5.60 Å². The van der Waals surface area contributed by atoms with Crippen LogP contribution in [0, 0.1) is 0 Å². The van der Waals surface area contributed by atoms with Crippen LogP contribution in [0.2, 0.25) is 0 Å². The van der Waals surface area contributed by atoms with Gasteiger partial charge < -0.3 is 4.74 Å². The van der Waals surface area contributed by atoms with E-state index in [-0.39, 0.29) is 11.5 Å². The second-order valence-electron chi connectivity index (χ2n) is 6.64. The van der Waals surface area contributed by atoms with Crippen molar-refractivity contribution in [1.29, 1.82) is 0 Å². The Balaban J connectivity index is 2.06. The molecule has 0 spiro atoms. The van der Waals surface area contributed by atoms with Crippen molar-refractivity contribution in [1.82, 2.24) is 0 Å². The predicted octanol–water partition coefficient (Wildman–Crippen LogP) is 5.88. The maximum Gasteiger partial charge on any atom is 0.124 e. The molecule has 1 aliphatic heterocycles. The van der Waals surface area contributed by atoms with Gasteiger partial charge in [-0.05, 0) is 49.1 Å². The number of benzene rings is 2. The van der Waals surface area contributed by atoms with E-state index in [2.05, 4.69) is 80.0 Å². The second-order valence-corrected chi connectivity index (χ2v) is 7.56. The molecular formula is C19H21BrO. The Labute approximate surface area is 135 Å². The van der Waals surface area contributed by atoms with Crippen molar-refractivity contribution in [2.75, 3.05) is 0 Å². The van der Waals surface area contributed by atoms with Gasteiger partial charge in [-0.15, -0.1) is 0 Å². The summed E-state index contributed by atoms with van der Waals surface area (Å²) >= 11 is 3.58. The Morgan fingerprint density at radius 3 is 2.33 bits per heavy atom. The van der Waals surface area contributed by atoms with Crippen LogP contribution in [-0.2, 0) is 0 Å². The van der Waals surface area contributed by atoms with E-state index in [1.54, 1.807) is 0 Å². The van der Waals surface area contributed by atoms with Crippen LogP contribution in [0.4, 0.5) is 0 Å². The molecule has 110 valence electrons. The summed E-state index contributed by atoms with van der Waals surface area (Å²) in [6, 6.07) is 15.3. The average Bonchev–Trinajstić information content (AvgIpc) is 2.68. The van der Waals surface area contributed by atoms with Gasteiger partial charge in [0.1, 0.15) is 11.4 Å². The standard InChI is InChI=1S/C19H21BrO/c1-12(2)13-5-7-14(8-6-13)18-16-11-15(20)9-10-17(16)21-19(18,3)4/h5-12,18H,1-4H3. The highest BCUT2D eigenvalue weighted by molar-refractivity contribution is 9.10. The number of ether oxygens (including phenoxy) is 1. The van der Waals surface area contributed by atoms with E-state index in [0.717, 1.165) is 10.2 Å². The third-order valence-electron chi connectivity index (χ3n) is 4.29. The first-order valence-corrected chi connectivity index (χ1v) is 8.26. The largest absolute Gasteiger partial charge is 0.487 e. The van der Waals surface area contributed by atoms with Crippen LogP contribution in [0.5, 0.6) is 5.75 Å². The number of hydrogen-bond donors (Lipinski definition) is 0. The Morgan fingerprint density at radius 2 is 1.71 bits per heavy atom. The first-order chi connectivity index (χ1) is 9.88. The van der Waals surface area contributed by atoms with Crippen LogP contribution in [0.15, 0.2) is 46.9 Å². The Morgan fingerprint density at radius 1 is 1.05 bits per heavy atom. The fourth-order valence-electron chi connectivity index (χ4n) is 3.21. The zero-order valence-corrected chi connectivity index (χ0v) is 14.6. The van der Waals surface area contributed by atoms with E-state index >= 15 is 0 Å². The van der Waals surface area contributed by atoms with Crippen LogP contribution in [0.25, 0.3) is 0 Å². The molecule has 2 aromatic rings. The molecule has 0 saturated carbocycles. The monoisotopic (exact) mass is 344 g/mol. The Kier molecular flexibility index (Phi) is 3.61. The summed E-state index contributed by atoms with van der Waals surface area (Å²) < 4.78 is 7.28. The molecule has 21 heavy (non-hydrogen) atoms. The van der Waals surface area contributed by atoms with Crippen molar-refractivity contribution in [3.8, 4) is 5.75 Å². The molecular weight excluding hydrogens is 324 g/mol. The SMILES string of the molecule is CC(C)c1ccc(C2c3cc(Br)ccc3OC2(C)C)cc1. The zero-order valence-electron chi connectivity index (χ0n) is 13.0. The maximum atomic E-state index is 6.17. The zero-order chi connectivity index (χ0) is 15.2. The molecule has 1 aliphatic rings. The van der Waals surface area contributed by atoms with Gasteiger partial charge in [0, 0.05) is 10.0 Å². The van der Waals surface area contributed by atoms with E-state index in [9.17, 15) is 0 Å². The fraction of sp³-hybridized carbons (Fsp3) is 0.368. The van der Waals surface area contributed by atoms with Crippen molar-refractivity contribution in [3.05, 3.63) is 63.6 Å². The molecule has 0 aliphatic carbocycles. The lowest BCUT2D eigenvalue weighted by Gasteiger charge is -2.27. The molecule has 3 rings (SSSR count). The van der Waals surface area contributed by atoms with E-state index < -0.39 is 0 Å². The van der Waals surface area contributed by atoms with E-state index in [1.165, 1.54) is 16.7 Å². The van der Waals surface area contributed by atoms with Crippen molar-refractivity contribution in [2.45, 2.75) is 45.1 Å². The number of rotatable bonds is 2. The summed E-state index contributed by atoms with van der Waals surface area (Å²) in [4.78, 5) is 0. The molecule has 0 radical (unpaired) electrons. The molecule has 0 bridgehead atoms. The molecule has 0 fully saturated rings. The summed E-state index contributed by atoms with van der Waals surface area (Å²) in [6.45, 7) is 8.79. The number of fused-ring (bicyclic) bond motifs is 1. The lowest BCUT2D eigenvalue weighted by molar-refractivity contribution is 0.122. The first kappa shape index (κ1) is 14.6. The van der Waals surface area contributed by atoms with Gasteiger partial charge in [-0.1, -0.05) is 54.0 Å². The quantitative estimate of drug-likeness (QED) is 0.661. The van der Waals surface area contributed by atoms with Crippen molar-refractivity contribution in [3.63, 3.8) is 0 Å². The maximum absolute atomic E-state index is 6.17. The van der Waals surface area contributed by atoms with Gasteiger partial charge >= 0.3 is 0 Å². The highest BCUT2D eigenvalue weighted by atomic mass is 79.9. The van der Waals surface area contributed by atoms with Gasteiger partial charge in [0.15, 0.2) is 0 Å². The molecule has 1 atom stereocenters. The molecule has 0 N–H and O–H groups in total. The third-order valence-corrected chi connectivity index (χ3v) is 4.78. The van der Waals surface area contributed by atoms with Crippen LogP contribution < -0.4 is 4.74 Å². The minimum absolute atomic E-state index is 0.220. The highest BCUT2D eigenvalue weighted by Gasteiger charge is 2.42. The van der Waals surface area contributed by atoms with Gasteiger partial charge in [0.25, 0.3) is 0 Å². The molecule has 1 nitrogen and oxygen atoms in total. The summed E-state index contributed by atoms with van der Waals surface area (Å²) in [5.74, 6) is 1.83. The van der Waals surface area contributed by atoms with Crippen LogP contribution in [0.3, 0.4) is 0 Å². The summed E-state index contributed by atoms with van der Waals surface area (Å²) in [5, 5.41) is 0. The van der Waals surface area contributed by atoms with Gasteiger partial charge in [0.2, 0.25) is 0 Å². The molecule has 2 aromatic carbocycles. The molecule has 1 unspecified atom stereocenters. The molecule has 0 amide bonds. The minimum atomic E-state index is -0.220.